The number of nitrogens with zero attached hydrogens (tertiary/aromatic N) is 1. The van der Waals surface area contributed by atoms with Crippen molar-refractivity contribution >= 4 is 0 Å². The Morgan fingerprint density at radius 3 is 2.67 bits per heavy atom. The first kappa shape index (κ1) is 9.96. The molecule has 1 aliphatic rings. The quantitative estimate of drug-likeness (QED) is 0.643. The van der Waals surface area contributed by atoms with Crippen LogP contribution in [-0.2, 0) is 4.74 Å². The van der Waals surface area contributed by atoms with Crippen molar-refractivity contribution in [2.45, 2.75) is 38.8 Å². The lowest BCUT2D eigenvalue weighted by Gasteiger charge is -2.33. The van der Waals surface area contributed by atoms with Crippen LogP contribution in [0.1, 0.15) is 27.2 Å². The van der Waals surface area contributed by atoms with E-state index in [1.165, 1.54) is 0 Å². The standard InChI is InChI=1S/C9H20N2O/c1-5-10-11(4)8-6-7-12-9(8,2)3/h8,10H,5-7H2,1-4H3. The van der Waals surface area contributed by atoms with Gasteiger partial charge in [0.2, 0.25) is 0 Å². The second kappa shape index (κ2) is 3.73. The van der Waals surface area contributed by atoms with E-state index in [2.05, 4.69) is 38.3 Å². The fourth-order valence-electron chi connectivity index (χ4n) is 1.90. The predicted molar refractivity (Wildman–Crippen MR) is 49.9 cm³/mol. The SMILES string of the molecule is CCNN(C)C1CCOC1(C)C. The van der Waals surface area contributed by atoms with Gasteiger partial charge in [-0.1, -0.05) is 6.92 Å². The summed E-state index contributed by atoms with van der Waals surface area (Å²) in [4.78, 5) is 0. The molecule has 0 aromatic rings. The van der Waals surface area contributed by atoms with Crippen molar-refractivity contribution in [3.63, 3.8) is 0 Å². The molecule has 1 atom stereocenters. The van der Waals surface area contributed by atoms with E-state index in [-0.39, 0.29) is 5.60 Å². The van der Waals surface area contributed by atoms with E-state index < -0.39 is 0 Å². The molecule has 0 bridgehead atoms. The second-order valence-electron chi connectivity index (χ2n) is 3.88. The van der Waals surface area contributed by atoms with Gasteiger partial charge in [0, 0.05) is 20.2 Å². The summed E-state index contributed by atoms with van der Waals surface area (Å²) in [6.07, 6.45) is 1.12. The third-order valence-electron chi connectivity index (χ3n) is 2.54. The summed E-state index contributed by atoms with van der Waals surface area (Å²) in [5, 5.41) is 2.17. The Morgan fingerprint density at radius 2 is 2.25 bits per heavy atom. The predicted octanol–water partition coefficient (Wildman–Crippen LogP) is 1.01. The number of hydrogen-bond acceptors (Lipinski definition) is 3. The van der Waals surface area contributed by atoms with Crippen molar-refractivity contribution in [3.05, 3.63) is 0 Å². The Kier molecular flexibility index (Phi) is 3.09. The van der Waals surface area contributed by atoms with Gasteiger partial charge >= 0.3 is 0 Å². The highest BCUT2D eigenvalue weighted by Gasteiger charge is 2.38. The van der Waals surface area contributed by atoms with Gasteiger partial charge in [0.15, 0.2) is 0 Å². The summed E-state index contributed by atoms with van der Waals surface area (Å²) in [5.74, 6) is 0. The number of rotatable bonds is 3. The van der Waals surface area contributed by atoms with Gasteiger partial charge in [-0.25, -0.2) is 5.01 Å². The molecule has 72 valence electrons. The van der Waals surface area contributed by atoms with E-state index >= 15 is 0 Å². The van der Waals surface area contributed by atoms with Gasteiger partial charge < -0.3 is 4.74 Å². The first-order chi connectivity index (χ1) is 5.58. The van der Waals surface area contributed by atoms with Crippen LogP contribution < -0.4 is 5.43 Å². The number of hydrogen-bond donors (Lipinski definition) is 1. The van der Waals surface area contributed by atoms with E-state index in [1.54, 1.807) is 0 Å². The van der Waals surface area contributed by atoms with Crippen molar-refractivity contribution < 1.29 is 4.74 Å². The van der Waals surface area contributed by atoms with E-state index in [9.17, 15) is 0 Å². The van der Waals surface area contributed by atoms with Crippen LogP contribution >= 0.6 is 0 Å². The zero-order valence-electron chi connectivity index (χ0n) is 8.55. The molecule has 1 N–H and O–H groups in total. The Morgan fingerprint density at radius 1 is 1.58 bits per heavy atom. The van der Waals surface area contributed by atoms with Crippen LogP contribution in [0.2, 0.25) is 0 Å². The molecular weight excluding hydrogens is 152 g/mol. The maximum atomic E-state index is 5.64. The minimum atomic E-state index is -0.00306. The maximum Gasteiger partial charge on any atom is 0.0795 e. The molecule has 1 heterocycles. The van der Waals surface area contributed by atoms with E-state index in [0.29, 0.717) is 6.04 Å². The first-order valence-corrected chi connectivity index (χ1v) is 4.68. The molecule has 1 fully saturated rings. The molecule has 1 aliphatic heterocycles. The zero-order valence-corrected chi connectivity index (χ0v) is 8.55. The van der Waals surface area contributed by atoms with Gasteiger partial charge in [0.05, 0.1) is 11.6 Å². The smallest absolute Gasteiger partial charge is 0.0795 e. The van der Waals surface area contributed by atoms with Gasteiger partial charge in [0.25, 0.3) is 0 Å². The maximum absolute atomic E-state index is 5.64. The molecule has 0 aromatic carbocycles. The lowest BCUT2D eigenvalue weighted by Crippen LogP contribution is -2.50. The molecule has 1 rings (SSSR count). The van der Waals surface area contributed by atoms with Gasteiger partial charge in [-0.3, -0.25) is 5.43 Å². The molecule has 0 aliphatic carbocycles. The second-order valence-corrected chi connectivity index (χ2v) is 3.88. The zero-order chi connectivity index (χ0) is 9.19. The molecule has 0 saturated carbocycles. The fourth-order valence-corrected chi connectivity index (χ4v) is 1.90. The van der Waals surface area contributed by atoms with Crippen LogP contribution in [-0.4, -0.2) is 36.9 Å². The average molecular weight is 172 g/mol. The molecule has 12 heavy (non-hydrogen) atoms. The van der Waals surface area contributed by atoms with Crippen LogP contribution in [0.5, 0.6) is 0 Å². The van der Waals surface area contributed by atoms with Crippen molar-refractivity contribution in [2.24, 2.45) is 0 Å². The van der Waals surface area contributed by atoms with Gasteiger partial charge in [-0.05, 0) is 20.3 Å². The molecule has 1 unspecified atom stereocenters. The Labute approximate surface area is 75.0 Å². The van der Waals surface area contributed by atoms with E-state index in [1.807, 2.05) is 0 Å². The summed E-state index contributed by atoms with van der Waals surface area (Å²) in [6, 6.07) is 0.498. The third kappa shape index (κ3) is 1.97. The first-order valence-electron chi connectivity index (χ1n) is 4.68. The van der Waals surface area contributed by atoms with Crippen molar-refractivity contribution in [2.75, 3.05) is 20.2 Å². The summed E-state index contributed by atoms with van der Waals surface area (Å²) in [7, 11) is 2.09. The van der Waals surface area contributed by atoms with Gasteiger partial charge in [0.1, 0.15) is 0 Å². The lowest BCUT2D eigenvalue weighted by molar-refractivity contribution is -0.0162. The fraction of sp³-hybridized carbons (Fsp3) is 1.00. The minimum Gasteiger partial charge on any atom is -0.374 e. The lowest BCUT2D eigenvalue weighted by atomic mass is 9.99. The highest BCUT2D eigenvalue weighted by molar-refractivity contribution is 4.89. The Hall–Kier alpha value is -0.120. The summed E-state index contributed by atoms with van der Waals surface area (Å²) >= 11 is 0. The highest BCUT2D eigenvalue weighted by atomic mass is 16.5. The molecular formula is C9H20N2O. The molecule has 3 nitrogen and oxygen atoms in total. The molecule has 1 saturated heterocycles. The molecule has 3 heteroatoms. The van der Waals surface area contributed by atoms with Crippen molar-refractivity contribution in [1.82, 2.24) is 10.4 Å². The third-order valence-corrected chi connectivity index (χ3v) is 2.54. The average Bonchev–Trinajstić information content (AvgIpc) is 2.30. The molecule has 0 radical (unpaired) electrons. The Balaban J connectivity index is 2.50. The monoisotopic (exact) mass is 172 g/mol. The summed E-state index contributed by atoms with van der Waals surface area (Å²) < 4.78 is 5.64. The molecule has 0 spiro atoms. The molecule has 0 amide bonds. The van der Waals surface area contributed by atoms with Crippen LogP contribution in [0.25, 0.3) is 0 Å². The number of ether oxygens (including phenoxy) is 1. The summed E-state index contributed by atoms with van der Waals surface area (Å²) in [6.45, 7) is 8.27. The van der Waals surface area contributed by atoms with Crippen molar-refractivity contribution in [3.8, 4) is 0 Å². The van der Waals surface area contributed by atoms with E-state index in [4.69, 9.17) is 4.74 Å². The van der Waals surface area contributed by atoms with Gasteiger partial charge in [-0.2, -0.15) is 0 Å². The number of hydrazine groups is 1. The highest BCUT2D eigenvalue weighted by Crippen LogP contribution is 2.27. The van der Waals surface area contributed by atoms with Crippen LogP contribution in [0.3, 0.4) is 0 Å². The van der Waals surface area contributed by atoms with Crippen LogP contribution in [0.4, 0.5) is 0 Å². The van der Waals surface area contributed by atoms with E-state index in [0.717, 1.165) is 19.6 Å². The number of likely N-dealkylation sites (N-methyl/N-ethyl adjacent to an activating group) is 1. The minimum absolute atomic E-state index is 0.00306. The Bertz CT molecular complexity index is 147. The topological polar surface area (TPSA) is 24.5 Å². The van der Waals surface area contributed by atoms with Crippen LogP contribution in [0, 0.1) is 0 Å². The number of nitrogens with one attached hydrogen (secondary N) is 1. The van der Waals surface area contributed by atoms with Gasteiger partial charge in [-0.15, -0.1) is 0 Å². The molecule has 0 aromatic heterocycles. The van der Waals surface area contributed by atoms with Crippen molar-refractivity contribution in [1.29, 1.82) is 0 Å². The normalized spacial score (nSPS) is 28.2. The summed E-state index contributed by atoms with van der Waals surface area (Å²) in [5.41, 5.74) is 3.29. The van der Waals surface area contributed by atoms with Crippen LogP contribution in [0.15, 0.2) is 0 Å². The largest absolute Gasteiger partial charge is 0.374 e.